The molecule has 3 N–H and O–H groups in total. The van der Waals surface area contributed by atoms with Crippen LogP contribution in [0.1, 0.15) is 62.3 Å². The van der Waals surface area contributed by atoms with Crippen molar-refractivity contribution in [2.45, 2.75) is 51.0 Å². The van der Waals surface area contributed by atoms with Crippen molar-refractivity contribution < 1.29 is 13.2 Å². The summed E-state index contributed by atoms with van der Waals surface area (Å²) >= 11 is 0. The van der Waals surface area contributed by atoms with E-state index in [1.807, 2.05) is 38.1 Å². The van der Waals surface area contributed by atoms with E-state index in [0.29, 0.717) is 0 Å². The second-order valence-corrected chi connectivity index (χ2v) is 9.97. The first-order valence-electron chi connectivity index (χ1n) is 8.92. The molecule has 0 fully saturated rings. The molecule has 0 bridgehead atoms. The molecular formula is C20H29N3O3S. The third-order valence-corrected chi connectivity index (χ3v) is 6.04. The van der Waals surface area contributed by atoms with Crippen molar-refractivity contribution in [2.75, 3.05) is 0 Å². The van der Waals surface area contributed by atoms with Gasteiger partial charge in [0.25, 0.3) is 5.91 Å². The molecule has 0 aliphatic carbocycles. The highest BCUT2D eigenvalue weighted by molar-refractivity contribution is 7.89. The van der Waals surface area contributed by atoms with Crippen molar-refractivity contribution in [3.05, 3.63) is 53.3 Å². The molecule has 0 spiro atoms. The van der Waals surface area contributed by atoms with Crippen LogP contribution in [0.2, 0.25) is 0 Å². The number of aryl methyl sites for hydroxylation is 1. The lowest BCUT2D eigenvalue weighted by molar-refractivity contribution is 0.0992. The summed E-state index contributed by atoms with van der Waals surface area (Å²) in [5.41, 5.74) is 7.54. The summed E-state index contributed by atoms with van der Waals surface area (Å²) in [6, 6.07) is 8.91. The van der Waals surface area contributed by atoms with E-state index in [9.17, 15) is 13.2 Å². The summed E-state index contributed by atoms with van der Waals surface area (Å²) in [5, 5.41) is 0. The average molecular weight is 392 g/mol. The molecule has 2 aromatic rings. The third kappa shape index (κ3) is 4.78. The number of hydrogen-bond donors (Lipinski definition) is 2. The Labute approximate surface area is 161 Å². The van der Waals surface area contributed by atoms with E-state index in [1.54, 1.807) is 7.05 Å². The molecular weight excluding hydrogens is 362 g/mol. The first-order chi connectivity index (χ1) is 12.3. The Morgan fingerprint density at radius 1 is 1.15 bits per heavy atom. The van der Waals surface area contributed by atoms with Gasteiger partial charge in [-0.25, -0.2) is 13.1 Å². The smallest absolute Gasteiger partial charge is 0.265 e. The Balaban J connectivity index is 2.35. The van der Waals surface area contributed by atoms with Gasteiger partial charge in [0.05, 0.1) is 0 Å². The van der Waals surface area contributed by atoms with Gasteiger partial charge in [-0.1, -0.05) is 58.9 Å². The van der Waals surface area contributed by atoms with Gasteiger partial charge < -0.3 is 10.3 Å². The molecule has 1 atom stereocenters. The van der Waals surface area contributed by atoms with E-state index in [1.165, 1.54) is 22.4 Å². The number of aromatic nitrogens is 1. The molecule has 7 heteroatoms. The molecule has 1 heterocycles. The van der Waals surface area contributed by atoms with E-state index in [-0.39, 0.29) is 28.0 Å². The van der Waals surface area contributed by atoms with Crippen molar-refractivity contribution in [1.82, 2.24) is 9.29 Å². The summed E-state index contributed by atoms with van der Waals surface area (Å²) in [6.45, 7) is 10.3. The van der Waals surface area contributed by atoms with Gasteiger partial charge in [0.1, 0.15) is 10.6 Å². The van der Waals surface area contributed by atoms with Crippen molar-refractivity contribution in [3.63, 3.8) is 0 Å². The average Bonchev–Trinajstić information content (AvgIpc) is 2.95. The monoisotopic (exact) mass is 391 g/mol. The van der Waals surface area contributed by atoms with Gasteiger partial charge in [-0.05, 0) is 28.5 Å². The summed E-state index contributed by atoms with van der Waals surface area (Å²) in [6.07, 6.45) is 1.39. The maximum absolute atomic E-state index is 12.9. The number of hydrogen-bond acceptors (Lipinski definition) is 3. The quantitative estimate of drug-likeness (QED) is 0.792. The van der Waals surface area contributed by atoms with Crippen LogP contribution in [-0.2, 0) is 22.5 Å². The number of benzene rings is 1. The van der Waals surface area contributed by atoms with Crippen LogP contribution < -0.4 is 10.5 Å². The van der Waals surface area contributed by atoms with Crippen LogP contribution in [-0.4, -0.2) is 18.9 Å². The van der Waals surface area contributed by atoms with E-state index in [2.05, 4.69) is 25.5 Å². The first kappa shape index (κ1) is 21.2. The molecule has 1 aromatic heterocycles. The van der Waals surface area contributed by atoms with Crippen molar-refractivity contribution in [2.24, 2.45) is 18.7 Å². The van der Waals surface area contributed by atoms with Crippen LogP contribution in [0.15, 0.2) is 41.4 Å². The topological polar surface area (TPSA) is 94.2 Å². The van der Waals surface area contributed by atoms with Crippen LogP contribution in [0.3, 0.4) is 0 Å². The van der Waals surface area contributed by atoms with Crippen LogP contribution in [0.5, 0.6) is 0 Å². The van der Waals surface area contributed by atoms with Crippen LogP contribution in [0.4, 0.5) is 0 Å². The van der Waals surface area contributed by atoms with Crippen LogP contribution in [0, 0.1) is 5.92 Å². The van der Waals surface area contributed by atoms with Gasteiger partial charge in [0, 0.05) is 19.3 Å². The highest BCUT2D eigenvalue weighted by Crippen LogP contribution is 2.28. The minimum absolute atomic E-state index is 0.0239. The summed E-state index contributed by atoms with van der Waals surface area (Å²) in [5.74, 6) is -0.628. The second-order valence-electron chi connectivity index (χ2n) is 8.25. The fraction of sp³-hybridized carbons (Fsp3) is 0.450. The summed E-state index contributed by atoms with van der Waals surface area (Å²) in [4.78, 5) is 11.4. The minimum Gasteiger partial charge on any atom is -0.364 e. The number of sulfonamides is 1. The standard InChI is InChI=1S/C20H29N3O3S/c1-13(2)18(14-7-9-15(10-8-14)20(3,4)5)22-27(25,26)16-11-17(19(21)24)23(6)12-16/h7-13,18,22H,1-6H3,(H2,21,24)/t18-/m0/s1. The molecule has 0 radical (unpaired) electrons. The predicted molar refractivity (Wildman–Crippen MR) is 107 cm³/mol. The molecule has 6 nitrogen and oxygen atoms in total. The Morgan fingerprint density at radius 2 is 1.70 bits per heavy atom. The van der Waals surface area contributed by atoms with Crippen molar-refractivity contribution in [1.29, 1.82) is 0 Å². The number of nitrogens with two attached hydrogens (primary N) is 1. The summed E-state index contributed by atoms with van der Waals surface area (Å²) in [7, 11) is -2.22. The zero-order valence-electron chi connectivity index (χ0n) is 16.8. The Morgan fingerprint density at radius 3 is 2.11 bits per heavy atom. The maximum Gasteiger partial charge on any atom is 0.265 e. The number of amides is 1. The molecule has 0 aliphatic rings. The maximum atomic E-state index is 12.9. The lowest BCUT2D eigenvalue weighted by Crippen LogP contribution is -2.31. The zero-order valence-corrected chi connectivity index (χ0v) is 17.6. The molecule has 27 heavy (non-hydrogen) atoms. The molecule has 0 unspecified atom stereocenters. The van der Waals surface area contributed by atoms with Gasteiger partial charge in [0.2, 0.25) is 10.0 Å². The molecule has 2 rings (SSSR count). The summed E-state index contributed by atoms with van der Waals surface area (Å²) < 4.78 is 29.9. The predicted octanol–water partition coefficient (Wildman–Crippen LogP) is 3.10. The fourth-order valence-electron chi connectivity index (χ4n) is 2.94. The number of rotatable bonds is 6. The molecule has 1 aromatic carbocycles. The number of nitrogens with zero attached hydrogens (tertiary/aromatic N) is 1. The Hall–Kier alpha value is -2.12. The van der Waals surface area contributed by atoms with Crippen LogP contribution in [0.25, 0.3) is 0 Å². The van der Waals surface area contributed by atoms with Crippen LogP contribution >= 0.6 is 0 Å². The van der Waals surface area contributed by atoms with Gasteiger partial charge in [0.15, 0.2) is 0 Å². The molecule has 0 saturated carbocycles. The Bertz CT molecular complexity index is 920. The highest BCUT2D eigenvalue weighted by atomic mass is 32.2. The largest absolute Gasteiger partial charge is 0.364 e. The normalized spacial score (nSPS) is 13.7. The number of carbonyl (C=O) groups excluding carboxylic acids is 1. The van der Waals surface area contributed by atoms with Crippen molar-refractivity contribution in [3.8, 4) is 0 Å². The lowest BCUT2D eigenvalue weighted by atomic mass is 9.85. The SMILES string of the molecule is CC(C)[C@H](NS(=O)(=O)c1cc(C(N)=O)n(C)c1)c1ccc(C(C)(C)C)cc1. The first-order valence-corrected chi connectivity index (χ1v) is 10.4. The van der Waals surface area contributed by atoms with Gasteiger partial charge in [-0.3, -0.25) is 4.79 Å². The molecule has 0 aliphatic heterocycles. The fourth-order valence-corrected chi connectivity index (χ4v) is 4.38. The minimum atomic E-state index is -3.80. The van der Waals surface area contributed by atoms with E-state index < -0.39 is 15.9 Å². The van der Waals surface area contributed by atoms with Gasteiger partial charge in [-0.15, -0.1) is 0 Å². The third-order valence-electron chi connectivity index (χ3n) is 4.63. The number of primary amides is 1. The second kappa shape index (κ2) is 7.48. The van der Waals surface area contributed by atoms with E-state index in [4.69, 9.17) is 5.73 Å². The van der Waals surface area contributed by atoms with Gasteiger partial charge >= 0.3 is 0 Å². The zero-order chi connectivity index (χ0) is 20.6. The molecule has 0 saturated heterocycles. The van der Waals surface area contributed by atoms with E-state index >= 15 is 0 Å². The highest BCUT2D eigenvalue weighted by Gasteiger charge is 2.26. The molecule has 148 valence electrons. The van der Waals surface area contributed by atoms with E-state index in [0.717, 1.165) is 5.56 Å². The number of carbonyl (C=O) groups is 1. The lowest BCUT2D eigenvalue weighted by Gasteiger charge is -2.24. The number of nitrogens with one attached hydrogen (secondary N) is 1. The Kier molecular flexibility index (Phi) is 5.87. The van der Waals surface area contributed by atoms with Crippen molar-refractivity contribution >= 4 is 15.9 Å². The van der Waals surface area contributed by atoms with Gasteiger partial charge in [-0.2, -0.15) is 0 Å². The molecule has 1 amide bonds.